The monoisotopic (exact) mass is 475 g/mol. The van der Waals surface area contributed by atoms with Gasteiger partial charge in [-0.1, -0.05) is 29.8 Å². The highest BCUT2D eigenvalue weighted by Crippen LogP contribution is 2.31. The second-order valence-corrected chi connectivity index (χ2v) is 9.82. The van der Waals surface area contributed by atoms with Crippen LogP contribution >= 0.6 is 0 Å². The molecule has 2 heterocycles. The summed E-state index contributed by atoms with van der Waals surface area (Å²) in [6.07, 6.45) is 1.14. The van der Waals surface area contributed by atoms with Crippen LogP contribution in [0.15, 0.2) is 48.5 Å². The van der Waals surface area contributed by atoms with Crippen LogP contribution in [0.1, 0.15) is 39.2 Å². The van der Waals surface area contributed by atoms with Crippen LogP contribution in [0.25, 0.3) is 21.8 Å². The van der Waals surface area contributed by atoms with E-state index in [2.05, 4.69) is 15.1 Å². The molecule has 2 aromatic carbocycles. The molecule has 4 rings (SSSR count). The number of anilines is 1. The lowest BCUT2D eigenvalue weighted by molar-refractivity contribution is 0.0497. The summed E-state index contributed by atoms with van der Waals surface area (Å²) in [7, 11) is 0. The molecule has 0 unspecified atom stereocenters. The van der Waals surface area contributed by atoms with Gasteiger partial charge in [-0.05, 0) is 58.7 Å². The molecular formula is C27H30FN5O2. The zero-order chi connectivity index (χ0) is 25.2. The van der Waals surface area contributed by atoms with Crippen molar-refractivity contribution in [2.45, 2.75) is 52.2 Å². The summed E-state index contributed by atoms with van der Waals surface area (Å²) in [5, 5.41) is 7.77. The Labute approximate surface area is 205 Å². The van der Waals surface area contributed by atoms with Crippen LogP contribution in [0.3, 0.4) is 0 Å². The molecule has 1 aliphatic heterocycles. The van der Waals surface area contributed by atoms with Crippen LogP contribution in [-0.2, 0) is 4.74 Å². The fourth-order valence-electron chi connectivity index (χ4n) is 4.10. The lowest BCUT2D eigenvalue weighted by atomic mass is 10.1. The summed E-state index contributed by atoms with van der Waals surface area (Å²) in [5.74, 6) is 0.340. The average Bonchev–Trinajstić information content (AvgIpc) is 3.24. The van der Waals surface area contributed by atoms with Gasteiger partial charge >= 0.3 is 6.09 Å². The fourth-order valence-corrected chi connectivity index (χ4v) is 4.10. The van der Waals surface area contributed by atoms with Gasteiger partial charge in [-0.3, -0.25) is 0 Å². The molecular weight excluding hydrogens is 445 g/mol. The summed E-state index contributed by atoms with van der Waals surface area (Å²) in [6.45, 7) is 16.1. The Morgan fingerprint density at radius 2 is 1.83 bits per heavy atom. The van der Waals surface area contributed by atoms with Crippen molar-refractivity contribution >= 4 is 17.6 Å². The highest BCUT2D eigenvalue weighted by Gasteiger charge is 2.26. The molecule has 0 bridgehead atoms. The molecule has 7 nitrogen and oxygen atoms in total. The zero-order valence-corrected chi connectivity index (χ0v) is 20.5. The average molecular weight is 476 g/mol. The first-order valence-electron chi connectivity index (χ1n) is 11.7. The van der Waals surface area contributed by atoms with Gasteiger partial charge in [0, 0.05) is 30.8 Å². The third-order valence-corrected chi connectivity index (χ3v) is 5.87. The lowest BCUT2D eigenvalue weighted by Gasteiger charge is -2.34. The van der Waals surface area contributed by atoms with Crippen LogP contribution in [0.4, 0.5) is 20.7 Å². The first-order chi connectivity index (χ1) is 16.6. The number of ether oxygens (including phenoxy) is 1. The number of carbonyl (C=O) groups is 1. The molecule has 1 aliphatic rings. The molecule has 3 aromatic rings. The number of alkyl carbamates (subject to hydrolysis) is 1. The van der Waals surface area contributed by atoms with E-state index in [9.17, 15) is 9.18 Å². The molecule has 0 saturated carbocycles. The molecule has 8 heteroatoms. The van der Waals surface area contributed by atoms with Crippen molar-refractivity contribution in [3.05, 3.63) is 71.3 Å². The summed E-state index contributed by atoms with van der Waals surface area (Å²) in [5.41, 5.74) is 2.76. The maximum absolute atomic E-state index is 14.3. The second kappa shape index (κ2) is 9.79. The van der Waals surface area contributed by atoms with Crippen molar-refractivity contribution in [3.8, 4) is 16.9 Å². The van der Waals surface area contributed by atoms with Crippen molar-refractivity contribution in [2.75, 3.05) is 18.0 Å². The van der Waals surface area contributed by atoms with Crippen LogP contribution in [0.2, 0.25) is 0 Å². The van der Waals surface area contributed by atoms with Crippen LogP contribution in [-0.4, -0.2) is 40.6 Å². The zero-order valence-electron chi connectivity index (χ0n) is 20.5. The number of aryl methyl sites for hydroxylation is 1. The smallest absolute Gasteiger partial charge is 0.407 e. The lowest BCUT2D eigenvalue weighted by Crippen LogP contribution is -2.46. The number of nitrogens with one attached hydrogen (secondary N) is 1. The molecule has 1 fully saturated rings. The van der Waals surface area contributed by atoms with Gasteiger partial charge < -0.3 is 15.0 Å². The minimum Gasteiger partial charge on any atom is -0.444 e. The summed E-state index contributed by atoms with van der Waals surface area (Å²) >= 11 is 0. The van der Waals surface area contributed by atoms with E-state index in [1.807, 2.05) is 62.7 Å². The number of piperidine rings is 1. The van der Waals surface area contributed by atoms with Gasteiger partial charge in [0.05, 0.1) is 18.0 Å². The molecule has 0 atom stereocenters. The molecule has 1 N–H and O–H groups in total. The van der Waals surface area contributed by atoms with E-state index in [0.717, 1.165) is 43.0 Å². The number of rotatable bonds is 4. The normalized spacial score (nSPS) is 14.5. The molecule has 0 radical (unpaired) electrons. The number of aromatic nitrogens is 2. The number of halogens is 1. The molecule has 0 aliphatic carbocycles. The SMILES string of the molecule is [C-]#[N+]c1ccc(-c2cc(N3CCC(NC(=O)OC(C)(C)C)CC3)n(-c3ccc(C)cc3)n2)cc1F. The van der Waals surface area contributed by atoms with Crippen molar-refractivity contribution in [1.82, 2.24) is 15.1 Å². The maximum atomic E-state index is 14.3. The molecule has 0 spiro atoms. The van der Waals surface area contributed by atoms with Gasteiger partial charge in [0.25, 0.3) is 0 Å². The number of hydrogen-bond acceptors (Lipinski definition) is 4. The van der Waals surface area contributed by atoms with Crippen molar-refractivity contribution in [1.29, 1.82) is 0 Å². The predicted molar refractivity (Wildman–Crippen MR) is 135 cm³/mol. The van der Waals surface area contributed by atoms with Gasteiger partial charge in [-0.25, -0.2) is 18.7 Å². The van der Waals surface area contributed by atoms with Gasteiger partial charge in [-0.15, -0.1) is 0 Å². The fraction of sp³-hybridized carbons (Fsp3) is 0.370. The molecule has 182 valence electrons. The minimum atomic E-state index is -0.557. The van der Waals surface area contributed by atoms with E-state index in [4.69, 9.17) is 16.4 Å². The van der Waals surface area contributed by atoms with Gasteiger partial charge in [0.1, 0.15) is 17.2 Å². The Hall–Kier alpha value is -3.86. The second-order valence-electron chi connectivity index (χ2n) is 9.82. The van der Waals surface area contributed by atoms with Gasteiger partial charge in [0.2, 0.25) is 5.69 Å². The molecule has 1 saturated heterocycles. The number of amides is 1. The van der Waals surface area contributed by atoms with Crippen LogP contribution in [0.5, 0.6) is 0 Å². The van der Waals surface area contributed by atoms with E-state index >= 15 is 0 Å². The Balaban J connectivity index is 1.58. The Morgan fingerprint density at radius 1 is 1.14 bits per heavy atom. The van der Waals surface area contributed by atoms with E-state index in [0.29, 0.717) is 11.3 Å². The molecule has 1 aromatic heterocycles. The quantitative estimate of drug-likeness (QED) is 0.468. The van der Waals surface area contributed by atoms with Crippen molar-refractivity contribution in [3.63, 3.8) is 0 Å². The number of carbonyl (C=O) groups excluding carboxylic acids is 1. The first kappa shape index (κ1) is 24.3. The first-order valence-corrected chi connectivity index (χ1v) is 11.7. The number of nitrogens with zero attached hydrogens (tertiary/aromatic N) is 4. The predicted octanol–water partition coefficient (Wildman–Crippen LogP) is 6.03. The minimum absolute atomic E-state index is 0.00787. The van der Waals surface area contributed by atoms with E-state index in [1.54, 1.807) is 6.07 Å². The maximum Gasteiger partial charge on any atom is 0.407 e. The Morgan fingerprint density at radius 3 is 2.43 bits per heavy atom. The van der Waals surface area contributed by atoms with Crippen LogP contribution < -0.4 is 10.2 Å². The molecule has 1 amide bonds. The largest absolute Gasteiger partial charge is 0.444 e. The number of benzene rings is 2. The van der Waals surface area contributed by atoms with Crippen molar-refractivity contribution in [2.24, 2.45) is 0 Å². The van der Waals surface area contributed by atoms with Crippen molar-refractivity contribution < 1.29 is 13.9 Å². The van der Waals surface area contributed by atoms with Gasteiger partial charge in [0.15, 0.2) is 0 Å². The van der Waals surface area contributed by atoms with Gasteiger partial charge in [-0.2, -0.15) is 5.10 Å². The summed E-state index contributed by atoms with van der Waals surface area (Å²) < 4.78 is 21.6. The Bertz CT molecular complexity index is 1250. The number of hydrogen-bond donors (Lipinski definition) is 1. The highest BCUT2D eigenvalue weighted by atomic mass is 19.1. The van der Waals surface area contributed by atoms with E-state index < -0.39 is 17.5 Å². The topological polar surface area (TPSA) is 63.8 Å². The highest BCUT2D eigenvalue weighted by molar-refractivity contribution is 5.69. The third kappa shape index (κ3) is 5.80. The summed E-state index contributed by atoms with van der Waals surface area (Å²) in [4.78, 5) is 17.6. The molecule has 35 heavy (non-hydrogen) atoms. The Kier molecular flexibility index (Phi) is 6.79. The van der Waals surface area contributed by atoms with E-state index in [1.165, 1.54) is 12.1 Å². The van der Waals surface area contributed by atoms with E-state index in [-0.39, 0.29) is 11.7 Å². The standard InChI is InChI=1S/C27H30FN5O2/c1-18-6-9-21(10-7-18)33-25(17-24(31-33)19-8-11-23(29-5)22(28)16-19)32-14-12-20(13-15-32)30-26(34)35-27(2,3)4/h6-11,16-17,20H,12-15H2,1-4H3,(H,30,34). The summed E-state index contributed by atoms with van der Waals surface area (Å²) in [6, 6.07) is 14.6. The third-order valence-electron chi connectivity index (χ3n) is 5.87. The van der Waals surface area contributed by atoms with Crippen LogP contribution in [0, 0.1) is 19.3 Å².